The molecule has 1 heterocycles. The van der Waals surface area contributed by atoms with Gasteiger partial charge in [-0.3, -0.25) is 5.10 Å². The van der Waals surface area contributed by atoms with Crippen molar-refractivity contribution >= 4 is 5.82 Å². The van der Waals surface area contributed by atoms with Crippen LogP contribution in [0.15, 0.2) is 30.3 Å². The number of nitrogens with zero attached hydrogens (tertiary/aromatic N) is 1. The van der Waals surface area contributed by atoms with Gasteiger partial charge >= 0.3 is 0 Å². The molecule has 1 aromatic heterocycles. The molecule has 72 valence electrons. The second kappa shape index (κ2) is 3.54. The fraction of sp³-hybridized carbons (Fsp3) is 0.182. The van der Waals surface area contributed by atoms with Crippen molar-refractivity contribution in [3.05, 3.63) is 35.9 Å². The van der Waals surface area contributed by atoms with E-state index in [0.717, 1.165) is 11.5 Å². The first-order valence-corrected chi connectivity index (χ1v) is 4.60. The Hall–Kier alpha value is -1.77. The second-order valence-electron chi connectivity index (χ2n) is 3.29. The number of benzene rings is 1. The number of hydrogen-bond acceptors (Lipinski definition) is 2. The van der Waals surface area contributed by atoms with Crippen LogP contribution in [-0.4, -0.2) is 17.2 Å². The third kappa shape index (κ3) is 1.62. The number of aryl methyl sites for hydroxylation is 1. The Morgan fingerprint density at radius 3 is 2.79 bits per heavy atom. The minimum atomic E-state index is 0.863. The van der Waals surface area contributed by atoms with Gasteiger partial charge in [0.05, 0.1) is 5.69 Å². The maximum absolute atomic E-state index is 4.10. The normalized spacial score (nSPS) is 10.1. The van der Waals surface area contributed by atoms with E-state index < -0.39 is 0 Å². The van der Waals surface area contributed by atoms with E-state index in [2.05, 4.69) is 40.6 Å². The number of anilines is 1. The van der Waals surface area contributed by atoms with E-state index in [0.29, 0.717) is 0 Å². The smallest absolute Gasteiger partial charge is 0.148 e. The third-order valence-electron chi connectivity index (χ3n) is 2.16. The molecule has 0 radical (unpaired) electrons. The van der Waals surface area contributed by atoms with Crippen LogP contribution < -0.4 is 5.32 Å². The zero-order chi connectivity index (χ0) is 9.97. The number of H-pyrrole nitrogens is 1. The summed E-state index contributed by atoms with van der Waals surface area (Å²) >= 11 is 0. The predicted molar refractivity (Wildman–Crippen MR) is 58.3 cm³/mol. The van der Waals surface area contributed by atoms with Crippen LogP contribution >= 0.6 is 0 Å². The number of nitrogens with one attached hydrogen (secondary N) is 2. The first-order valence-electron chi connectivity index (χ1n) is 4.60. The second-order valence-corrected chi connectivity index (χ2v) is 3.29. The highest BCUT2D eigenvalue weighted by atomic mass is 15.2. The first kappa shape index (κ1) is 8.81. The summed E-state index contributed by atoms with van der Waals surface area (Å²) in [5.41, 5.74) is 3.46. The maximum Gasteiger partial charge on any atom is 0.148 e. The number of rotatable bonds is 2. The molecule has 2 aromatic rings. The zero-order valence-corrected chi connectivity index (χ0v) is 8.33. The molecular formula is C11H13N3. The topological polar surface area (TPSA) is 40.7 Å². The van der Waals surface area contributed by atoms with Gasteiger partial charge in [0.15, 0.2) is 0 Å². The summed E-state index contributed by atoms with van der Waals surface area (Å²) in [5, 5.41) is 10.1. The van der Waals surface area contributed by atoms with Crippen LogP contribution in [0.25, 0.3) is 11.3 Å². The van der Waals surface area contributed by atoms with Gasteiger partial charge in [-0.25, -0.2) is 0 Å². The van der Waals surface area contributed by atoms with Crippen LogP contribution in [0.5, 0.6) is 0 Å². The van der Waals surface area contributed by atoms with Gasteiger partial charge in [-0.05, 0) is 18.6 Å². The van der Waals surface area contributed by atoms with Gasteiger partial charge in [0.1, 0.15) is 5.82 Å². The fourth-order valence-corrected chi connectivity index (χ4v) is 1.41. The Balaban J connectivity index is 2.39. The van der Waals surface area contributed by atoms with Gasteiger partial charge in [-0.15, -0.1) is 0 Å². The third-order valence-corrected chi connectivity index (χ3v) is 2.16. The Labute approximate surface area is 83.2 Å². The van der Waals surface area contributed by atoms with Crippen molar-refractivity contribution in [3.63, 3.8) is 0 Å². The molecule has 0 bridgehead atoms. The molecule has 0 saturated carbocycles. The highest BCUT2D eigenvalue weighted by Gasteiger charge is 2.01. The molecule has 2 rings (SSSR count). The molecule has 0 aliphatic rings. The Kier molecular flexibility index (Phi) is 2.23. The van der Waals surface area contributed by atoms with E-state index in [9.17, 15) is 0 Å². The van der Waals surface area contributed by atoms with Crippen molar-refractivity contribution in [2.45, 2.75) is 6.92 Å². The van der Waals surface area contributed by atoms with E-state index in [1.807, 2.05) is 19.2 Å². The zero-order valence-electron chi connectivity index (χ0n) is 8.33. The number of aromatic nitrogens is 2. The minimum Gasteiger partial charge on any atom is -0.372 e. The quantitative estimate of drug-likeness (QED) is 0.758. The van der Waals surface area contributed by atoms with Crippen molar-refractivity contribution in [1.29, 1.82) is 0 Å². The molecule has 0 spiro atoms. The molecule has 0 aliphatic heterocycles. The highest BCUT2D eigenvalue weighted by molar-refractivity contribution is 5.63. The summed E-state index contributed by atoms with van der Waals surface area (Å²) in [4.78, 5) is 0. The lowest BCUT2D eigenvalue weighted by Crippen LogP contribution is -1.85. The molecule has 1 aromatic carbocycles. The minimum absolute atomic E-state index is 0.863. The van der Waals surface area contributed by atoms with E-state index in [1.165, 1.54) is 11.1 Å². The predicted octanol–water partition coefficient (Wildman–Crippen LogP) is 2.43. The van der Waals surface area contributed by atoms with Crippen molar-refractivity contribution in [2.75, 3.05) is 12.4 Å². The average Bonchev–Trinajstić information content (AvgIpc) is 2.66. The van der Waals surface area contributed by atoms with Gasteiger partial charge in [0.2, 0.25) is 0 Å². The molecule has 2 N–H and O–H groups in total. The maximum atomic E-state index is 4.10. The van der Waals surface area contributed by atoms with Gasteiger partial charge in [0.25, 0.3) is 0 Å². The van der Waals surface area contributed by atoms with Crippen LogP contribution in [0.3, 0.4) is 0 Å². The van der Waals surface area contributed by atoms with E-state index in [1.54, 1.807) is 0 Å². The monoisotopic (exact) mass is 187 g/mol. The highest BCUT2D eigenvalue weighted by Crippen LogP contribution is 2.20. The molecule has 0 amide bonds. The SMILES string of the molecule is CNc1cc(-c2cccc(C)c2)[nH]n1. The fourth-order valence-electron chi connectivity index (χ4n) is 1.41. The summed E-state index contributed by atoms with van der Waals surface area (Å²) in [5.74, 6) is 0.863. The average molecular weight is 187 g/mol. The summed E-state index contributed by atoms with van der Waals surface area (Å²) in [6.07, 6.45) is 0. The Morgan fingerprint density at radius 1 is 1.29 bits per heavy atom. The van der Waals surface area contributed by atoms with Crippen molar-refractivity contribution < 1.29 is 0 Å². The van der Waals surface area contributed by atoms with Crippen LogP contribution in [0.2, 0.25) is 0 Å². The molecule has 0 atom stereocenters. The molecular weight excluding hydrogens is 174 g/mol. The Morgan fingerprint density at radius 2 is 2.14 bits per heavy atom. The van der Waals surface area contributed by atoms with Crippen molar-refractivity contribution in [3.8, 4) is 11.3 Å². The molecule has 3 heteroatoms. The molecule has 3 nitrogen and oxygen atoms in total. The molecule has 14 heavy (non-hydrogen) atoms. The van der Waals surface area contributed by atoms with Crippen LogP contribution in [0.4, 0.5) is 5.82 Å². The standard InChI is InChI=1S/C11H13N3/c1-8-4-3-5-9(6-8)10-7-11(12-2)14-13-10/h3-7H,1-2H3,(H2,12,13,14). The van der Waals surface area contributed by atoms with E-state index >= 15 is 0 Å². The van der Waals surface area contributed by atoms with Crippen LogP contribution in [0.1, 0.15) is 5.56 Å². The Bertz CT molecular complexity index is 432. The van der Waals surface area contributed by atoms with Gasteiger partial charge in [-0.1, -0.05) is 23.8 Å². The first-order chi connectivity index (χ1) is 6.79. The van der Waals surface area contributed by atoms with Crippen molar-refractivity contribution in [2.24, 2.45) is 0 Å². The van der Waals surface area contributed by atoms with E-state index in [-0.39, 0.29) is 0 Å². The lowest BCUT2D eigenvalue weighted by Gasteiger charge is -1.97. The summed E-state index contributed by atoms with van der Waals surface area (Å²) in [6.45, 7) is 2.08. The lowest BCUT2D eigenvalue weighted by atomic mass is 10.1. The lowest BCUT2D eigenvalue weighted by molar-refractivity contribution is 1.09. The summed E-state index contributed by atoms with van der Waals surface area (Å²) in [7, 11) is 1.86. The summed E-state index contributed by atoms with van der Waals surface area (Å²) < 4.78 is 0. The van der Waals surface area contributed by atoms with Gasteiger partial charge in [0, 0.05) is 13.1 Å². The van der Waals surface area contributed by atoms with Crippen LogP contribution in [-0.2, 0) is 0 Å². The number of hydrogen-bond donors (Lipinski definition) is 2. The van der Waals surface area contributed by atoms with Gasteiger partial charge < -0.3 is 5.32 Å². The molecule has 0 fully saturated rings. The largest absolute Gasteiger partial charge is 0.372 e. The molecule has 0 saturated heterocycles. The van der Waals surface area contributed by atoms with Gasteiger partial charge in [-0.2, -0.15) is 5.10 Å². The van der Waals surface area contributed by atoms with Crippen LogP contribution in [0, 0.1) is 6.92 Å². The molecule has 0 unspecified atom stereocenters. The number of aromatic amines is 1. The van der Waals surface area contributed by atoms with E-state index in [4.69, 9.17) is 0 Å². The summed E-state index contributed by atoms with van der Waals surface area (Å²) in [6, 6.07) is 10.3. The molecule has 0 aliphatic carbocycles. The van der Waals surface area contributed by atoms with Crippen molar-refractivity contribution in [1.82, 2.24) is 10.2 Å².